The van der Waals surface area contributed by atoms with E-state index in [4.69, 9.17) is 0 Å². The Morgan fingerprint density at radius 1 is 1.10 bits per heavy atom. The number of carbonyl (C=O) groups excluding carboxylic acids is 1. The molecular formula is C21H24FIN6O. The van der Waals surface area contributed by atoms with Gasteiger partial charge in [0, 0.05) is 43.8 Å². The Balaban J connectivity index is 0.00000320. The zero-order valence-corrected chi connectivity index (χ0v) is 18.8. The molecule has 0 saturated heterocycles. The minimum absolute atomic E-state index is 0. The SMILES string of the molecule is CN=C(NCc1cccc(NC(=O)Cn2cccn2)c1)NCc1ccccc1F.I. The van der Waals surface area contributed by atoms with Crippen molar-refractivity contribution in [2.24, 2.45) is 4.99 Å². The zero-order chi connectivity index (χ0) is 20.5. The van der Waals surface area contributed by atoms with Crippen molar-refractivity contribution in [1.82, 2.24) is 20.4 Å². The van der Waals surface area contributed by atoms with Crippen molar-refractivity contribution in [3.05, 3.63) is 83.9 Å². The van der Waals surface area contributed by atoms with Crippen molar-refractivity contribution in [3.8, 4) is 0 Å². The highest BCUT2D eigenvalue weighted by Gasteiger charge is 2.06. The van der Waals surface area contributed by atoms with Crippen LogP contribution in [0.5, 0.6) is 0 Å². The number of aromatic nitrogens is 2. The summed E-state index contributed by atoms with van der Waals surface area (Å²) in [6.45, 7) is 0.984. The Morgan fingerprint density at radius 2 is 1.90 bits per heavy atom. The Labute approximate surface area is 191 Å². The van der Waals surface area contributed by atoms with Crippen molar-refractivity contribution in [3.63, 3.8) is 0 Å². The molecule has 0 radical (unpaired) electrons. The lowest BCUT2D eigenvalue weighted by molar-refractivity contribution is -0.116. The molecule has 3 aromatic rings. The minimum atomic E-state index is -0.256. The third-order valence-corrected chi connectivity index (χ3v) is 4.16. The highest BCUT2D eigenvalue weighted by molar-refractivity contribution is 14.0. The molecule has 2 aromatic carbocycles. The normalized spacial score (nSPS) is 10.8. The first kappa shape index (κ1) is 23.3. The first-order chi connectivity index (χ1) is 14.1. The number of nitrogens with zero attached hydrogens (tertiary/aromatic N) is 3. The molecule has 0 atom stereocenters. The molecule has 7 nitrogen and oxygen atoms in total. The molecule has 0 unspecified atom stereocenters. The molecule has 0 aliphatic carbocycles. The van der Waals surface area contributed by atoms with Gasteiger partial charge in [0.15, 0.2) is 5.96 Å². The van der Waals surface area contributed by atoms with E-state index in [-0.39, 0.29) is 42.2 Å². The summed E-state index contributed by atoms with van der Waals surface area (Å²) in [5.41, 5.74) is 2.24. The summed E-state index contributed by atoms with van der Waals surface area (Å²) in [5, 5.41) is 13.2. The maximum atomic E-state index is 13.7. The number of benzene rings is 2. The number of hydrogen-bond donors (Lipinski definition) is 3. The predicted molar refractivity (Wildman–Crippen MR) is 126 cm³/mol. The van der Waals surface area contributed by atoms with E-state index in [2.05, 4.69) is 26.0 Å². The molecule has 30 heavy (non-hydrogen) atoms. The number of halogens is 2. The monoisotopic (exact) mass is 522 g/mol. The Hall–Kier alpha value is -2.95. The zero-order valence-electron chi connectivity index (χ0n) is 16.5. The van der Waals surface area contributed by atoms with Gasteiger partial charge in [-0.15, -0.1) is 24.0 Å². The standard InChI is InChI=1S/C21H23FN6O.HI/c1-23-21(25-14-17-7-2-3-9-19(17)22)24-13-16-6-4-8-18(12-16)27-20(29)15-28-11-5-10-26-28;/h2-12H,13-15H2,1H3,(H,27,29)(H2,23,24,25);1H. The quantitative estimate of drug-likeness (QED) is 0.253. The van der Waals surface area contributed by atoms with Crippen molar-refractivity contribution in [2.75, 3.05) is 12.4 Å². The van der Waals surface area contributed by atoms with E-state index in [9.17, 15) is 9.18 Å². The van der Waals surface area contributed by atoms with Crippen LogP contribution >= 0.6 is 24.0 Å². The molecule has 0 bridgehead atoms. The summed E-state index contributed by atoms with van der Waals surface area (Å²) in [6.07, 6.45) is 3.37. The van der Waals surface area contributed by atoms with Crippen molar-refractivity contribution in [1.29, 1.82) is 0 Å². The predicted octanol–water partition coefficient (Wildman–Crippen LogP) is 3.14. The Kier molecular flexibility index (Phi) is 9.26. The van der Waals surface area contributed by atoms with Crippen LogP contribution in [-0.4, -0.2) is 28.7 Å². The molecule has 0 saturated carbocycles. The van der Waals surface area contributed by atoms with E-state index in [0.29, 0.717) is 30.3 Å². The van der Waals surface area contributed by atoms with Crippen LogP contribution in [0.2, 0.25) is 0 Å². The van der Waals surface area contributed by atoms with Gasteiger partial charge in [-0.25, -0.2) is 4.39 Å². The second-order valence-corrected chi connectivity index (χ2v) is 6.32. The summed E-state index contributed by atoms with van der Waals surface area (Å²) in [4.78, 5) is 16.3. The van der Waals surface area contributed by atoms with Gasteiger partial charge in [0.25, 0.3) is 0 Å². The highest BCUT2D eigenvalue weighted by atomic mass is 127. The summed E-state index contributed by atoms with van der Waals surface area (Å²) >= 11 is 0. The van der Waals surface area contributed by atoms with Gasteiger partial charge in [-0.3, -0.25) is 14.5 Å². The lowest BCUT2D eigenvalue weighted by Gasteiger charge is -2.13. The van der Waals surface area contributed by atoms with Gasteiger partial charge in [-0.05, 0) is 29.8 Å². The molecule has 158 valence electrons. The number of nitrogens with one attached hydrogen (secondary N) is 3. The van der Waals surface area contributed by atoms with Crippen molar-refractivity contribution >= 4 is 41.5 Å². The van der Waals surface area contributed by atoms with E-state index < -0.39 is 0 Å². The fourth-order valence-corrected chi connectivity index (χ4v) is 2.73. The van der Waals surface area contributed by atoms with E-state index in [1.165, 1.54) is 6.07 Å². The maximum Gasteiger partial charge on any atom is 0.246 e. The van der Waals surface area contributed by atoms with Crippen LogP contribution in [0.15, 0.2) is 72.0 Å². The van der Waals surface area contributed by atoms with E-state index >= 15 is 0 Å². The van der Waals surface area contributed by atoms with Crippen molar-refractivity contribution < 1.29 is 9.18 Å². The van der Waals surface area contributed by atoms with Gasteiger partial charge in [0.2, 0.25) is 5.91 Å². The maximum absolute atomic E-state index is 13.7. The first-order valence-electron chi connectivity index (χ1n) is 9.18. The minimum Gasteiger partial charge on any atom is -0.352 e. The molecule has 1 heterocycles. The number of amides is 1. The van der Waals surface area contributed by atoms with Crippen LogP contribution in [0.25, 0.3) is 0 Å². The summed E-state index contributed by atoms with van der Waals surface area (Å²) in [5.74, 6) is 0.150. The van der Waals surface area contributed by atoms with Gasteiger partial charge >= 0.3 is 0 Å². The fourth-order valence-electron chi connectivity index (χ4n) is 2.73. The molecule has 9 heteroatoms. The third kappa shape index (κ3) is 7.14. The number of rotatable bonds is 7. The fraction of sp³-hybridized carbons (Fsp3) is 0.190. The Bertz CT molecular complexity index is 977. The van der Waals surface area contributed by atoms with Gasteiger partial charge < -0.3 is 16.0 Å². The number of carbonyl (C=O) groups is 1. The topological polar surface area (TPSA) is 83.3 Å². The van der Waals surface area contributed by atoms with Crippen molar-refractivity contribution in [2.45, 2.75) is 19.6 Å². The molecular weight excluding hydrogens is 498 g/mol. The van der Waals surface area contributed by atoms with Crippen LogP contribution in [-0.2, 0) is 24.4 Å². The second kappa shape index (κ2) is 11.9. The van der Waals surface area contributed by atoms with Crippen LogP contribution in [0.1, 0.15) is 11.1 Å². The molecule has 0 aliphatic heterocycles. The molecule has 1 amide bonds. The largest absolute Gasteiger partial charge is 0.352 e. The number of aliphatic imine (C=N–C) groups is 1. The van der Waals surface area contributed by atoms with Crippen LogP contribution in [0.4, 0.5) is 10.1 Å². The van der Waals surface area contributed by atoms with Gasteiger partial charge in [-0.1, -0.05) is 30.3 Å². The molecule has 0 aliphatic rings. The average Bonchev–Trinajstić information content (AvgIpc) is 3.22. The summed E-state index contributed by atoms with van der Waals surface area (Å²) < 4.78 is 15.3. The smallest absolute Gasteiger partial charge is 0.246 e. The molecule has 1 aromatic heterocycles. The number of anilines is 1. The lowest BCUT2D eigenvalue weighted by Crippen LogP contribution is -2.36. The second-order valence-electron chi connectivity index (χ2n) is 6.32. The molecule has 3 N–H and O–H groups in total. The highest BCUT2D eigenvalue weighted by Crippen LogP contribution is 2.11. The Morgan fingerprint density at radius 3 is 2.63 bits per heavy atom. The van der Waals surface area contributed by atoms with Gasteiger partial charge in [-0.2, -0.15) is 5.10 Å². The van der Waals surface area contributed by atoms with Crippen LogP contribution in [0, 0.1) is 5.82 Å². The first-order valence-corrected chi connectivity index (χ1v) is 9.18. The molecule has 0 spiro atoms. The molecule has 0 fully saturated rings. The van der Waals surface area contributed by atoms with Crippen LogP contribution in [0.3, 0.4) is 0 Å². The van der Waals surface area contributed by atoms with E-state index in [1.54, 1.807) is 48.4 Å². The van der Waals surface area contributed by atoms with Gasteiger partial charge in [0.05, 0.1) is 0 Å². The van der Waals surface area contributed by atoms with Gasteiger partial charge in [0.1, 0.15) is 12.4 Å². The van der Waals surface area contributed by atoms with Crippen LogP contribution < -0.4 is 16.0 Å². The lowest BCUT2D eigenvalue weighted by atomic mass is 10.2. The third-order valence-electron chi connectivity index (χ3n) is 4.16. The summed E-state index contributed by atoms with van der Waals surface area (Å²) in [6, 6.07) is 15.9. The summed E-state index contributed by atoms with van der Waals surface area (Å²) in [7, 11) is 1.66. The van der Waals surface area contributed by atoms with E-state index in [1.807, 2.05) is 24.3 Å². The number of guanidine groups is 1. The molecule has 3 rings (SSSR count). The number of hydrogen-bond acceptors (Lipinski definition) is 3. The average molecular weight is 522 g/mol. The van der Waals surface area contributed by atoms with E-state index in [0.717, 1.165) is 5.56 Å².